The third kappa shape index (κ3) is 4.24. The van der Waals surface area contributed by atoms with Crippen LogP contribution in [0.4, 0.5) is 17.1 Å². The van der Waals surface area contributed by atoms with Gasteiger partial charge in [-0.25, -0.2) is 0 Å². The van der Waals surface area contributed by atoms with Crippen LogP contribution in [-0.4, -0.2) is 0 Å². The van der Waals surface area contributed by atoms with Crippen molar-refractivity contribution in [3.63, 3.8) is 0 Å². The molecule has 0 aliphatic heterocycles. The number of benzene rings is 7. The molecule has 3 aliphatic rings. The predicted octanol–water partition coefficient (Wildman–Crippen LogP) is 12.7. The summed E-state index contributed by atoms with van der Waals surface area (Å²) < 4.78 is 0. The number of nitrogens with zero attached hydrogens (tertiary/aromatic N) is 1. The van der Waals surface area contributed by atoms with Crippen molar-refractivity contribution in [1.82, 2.24) is 0 Å². The first-order chi connectivity index (χ1) is 23.7. The molecule has 7 aromatic carbocycles. The predicted molar refractivity (Wildman–Crippen MR) is 201 cm³/mol. The highest BCUT2D eigenvalue weighted by atomic mass is 15.1. The van der Waals surface area contributed by atoms with E-state index in [0.717, 1.165) is 28.9 Å². The third-order valence-electron chi connectivity index (χ3n) is 11.7. The fourth-order valence-electron chi connectivity index (χ4n) is 9.57. The van der Waals surface area contributed by atoms with Crippen LogP contribution < -0.4 is 4.90 Å². The van der Waals surface area contributed by atoms with Crippen LogP contribution in [-0.2, 0) is 5.41 Å². The molecule has 3 atom stereocenters. The summed E-state index contributed by atoms with van der Waals surface area (Å²) in [5, 5.41) is 2.49. The average molecular weight is 616 g/mol. The van der Waals surface area contributed by atoms with Gasteiger partial charge in [0.1, 0.15) is 0 Å². The molecule has 2 fully saturated rings. The van der Waals surface area contributed by atoms with Crippen molar-refractivity contribution in [2.24, 2.45) is 11.8 Å². The van der Waals surface area contributed by atoms with E-state index in [4.69, 9.17) is 0 Å². The van der Waals surface area contributed by atoms with Gasteiger partial charge in [-0.1, -0.05) is 128 Å². The lowest BCUT2D eigenvalue weighted by Crippen LogP contribution is -2.31. The first-order valence-corrected chi connectivity index (χ1v) is 17.5. The molecule has 0 saturated heterocycles. The second-order valence-corrected chi connectivity index (χ2v) is 14.2. The lowest BCUT2D eigenvalue weighted by atomic mass is 9.66. The SMILES string of the molecule is c1ccc(-c2ccc(N(c3ccc(-c4ccc5c(c4)C4(CC6CCC4C6)c4ccccc4-5)cc3)c3ccc4ccccc4c3)cc2)cc1. The molecule has 7 aromatic rings. The molecule has 230 valence electrons. The van der Waals surface area contributed by atoms with Crippen LogP contribution in [0.3, 0.4) is 0 Å². The first kappa shape index (κ1) is 27.7. The van der Waals surface area contributed by atoms with Gasteiger partial charge in [0.15, 0.2) is 0 Å². The molecule has 0 amide bonds. The van der Waals surface area contributed by atoms with Gasteiger partial charge in [-0.05, 0) is 129 Å². The summed E-state index contributed by atoms with van der Waals surface area (Å²) >= 11 is 0. The molecule has 0 heterocycles. The van der Waals surface area contributed by atoms with Gasteiger partial charge < -0.3 is 4.90 Å². The number of anilines is 3. The van der Waals surface area contributed by atoms with Gasteiger partial charge in [-0.15, -0.1) is 0 Å². The van der Waals surface area contributed by atoms with Gasteiger partial charge >= 0.3 is 0 Å². The zero-order valence-electron chi connectivity index (χ0n) is 27.0. The Morgan fingerprint density at radius 2 is 1.04 bits per heavy atom. The lowest BCUT2D eigenvalue weighted by molar-refractivity contribution is 0.327. The molecule has 3 aliphatic carbocycles. The molecular formula is C47H37N. The molecule has 1 nitrogen and oxygen atoms in total. The lowest BCUT2D eigenvalue weighted by Gasteiger charge is -2.36. The number of rotatable bonds is 5. The zero-order chi connectivity index (χ0) is 31.7. The summed E-state index contributed by atoms with van der Waals surface area (Å²) in [5.41, 5.74) is 14.8. The minimum Gasteiger partial charge on any atom is -0.310 e. The molecule has 48 heavy (non-hydrogen) atoms. The van der Waals surface area contributed by atoms with Gasteiger partial charge in [0.05, 0.1) is 0 Å². The molecule has 10 rings (SSSR count). The summed E-state index contributed by atoms with van der Waals surface area (Å²) in [7, 11) is 0. The van der Waals surface area contributed by atoms with E-state index in [2.05, 4.69) is 169 Å². The van der Waals surface area contributed by atoms with E-state index in [1.807, 2.05) is 0 Å². The van der Waals surface area contributed by atoms with Crippen molar-refractivity contribution in [1.29, 1.82) is 0 Å². The Hall–Kier alpha value is -5.40. The van der Waals surface area contributed by atoms with Crippen LogP contribution in [0.25, 0.3) is 44.2 Å². The minimum atomic E-state index is 0.198. The Morgan fingerprint density at radius 3 is 1.77 bits per heavy atom. The molecule has 1 spiro atoms. The van der Waals surface area contributed by atoms with E-state index in [9.17, 15) is 0 Å². The Balaban J connectivity index is 1.04. The molecular weight excluding hydrogens is 579 g/mol. The van der Waals surface area contributed by atoms with Crippen LogP contribution in [0.1, 0.15) is 36.8 Å². The van der Waals surface area contributed by atoms with Gasteiger partial charge in [-0.2, -0.15) is 0 Å². The van der Waals surface area contributed by atoms with Crippen molar-refractivity contribution < 1.29 is 0 Å². The highest BCUT2D eigenvalue weighted by Gasteiger charge is 2.56. The maximum Gasteiger partial charge on any atom is 0.0468 e. The minimum absolute atomic E-state index is 0.198. The molecule has 3 unspecified atom stereocenters. The molecule has 2 saturated carbocycles. The number of fused-ring (bicyclic) bond motifs is 9. The van der Waals surface area contributed by atoms with E-state index in [0.29, 0.717) is 0 Å². The molecule has 0 N–H and O–H groups in total. The van der Waals surface area contributed by atoms with Crippen LogP contribution in [0.2, 0.25) is 0 Å². The molecule has 0 radical (unpaired) electrons. The number of hydrogen-bond acceptors (Lipinski definition) is 1. The van der Waals surface area contributed by atoms with Crippen LogP contribution in [0, 0.1) is 11.8 Å². The largest absolute Gasteiger partial charge is 0.310 e. The van der Waals surface area contributed by atoms with E-state index in [1.165, 1.54) is 69.8 Å². The van der Waals surface area contributed by atoms with Crippen LogP contribution >= 0.6 is 0 Å². The zero-order valence-corrected chi connectivity index (χ0v) is 27.0. The van der Waals surface area contributed by atoms with Gasteiger partial charge in [-0.3, -0.25) is 0 Å². The van der Waals surface area contributed by atoms with Gasteiger partial charge in [0, 0.05) is 22.5 Å². The van der Waals surface area contributed by atoms with E-state index in [1.54, 1.807) is 11.1 Å². The van der Waals surface area contributed by atoms with Crippen molar-refractivity contribution in [3.05, 3.63) is 175 Å². The smallest absolute Gasteiger partial charge is 0.0468 e. The van der Waals surface area contributed by atoms with Crippen LogP contribution in [0.15, 0.2) is 164 Å². The normalized spacial score (nSPS) is 20.2. The third-order valence-corrected chi connectivity index (χ3v) is 11.7. The highest BCUT2D eigenvalue weighted by Crippen LogP contribution is 2.65. The molecule has 2 bridgehead atoms. The van der Waals surface area contributed by atoms with Crippen LogP contribution in [0.5, 0.6) is 0 Å². The summed E-state index contributed by atoms with van der Waals surface area (Å²) in [6.07, 6.45) is 5.49. The quantitative estimate of drug-likeness (QED) is 0.186. The van der Waals surface area contributed by atoms with Crippen molar-refractivity contribution >= 4 is 27.8 Å². The van der Waals surface area contributed by atoms with Crippen molar-refractivity contribution in [3.8, 4) is 33.4 Å². The average Bonchev–Trinajstić information content (AvgIpc) is 3.85. The Kier molecular flexibility index (Phi) is 6.24. The van der Waals surface area contributed by atoms with Crippen molar-refractivity contribution in [2.45, 2.75) is 31.1 Å². The fraction of sp³-hybridized carbons (Fsp3) is 0.149. The summed E-state index contributed by atoms with van der Waals surface area (Å²) in [6, 6.07) is 60.8. The maximum atomic E-state index is 2.55. The van der Waals surface area contributed by atoms with Crippen molar-refractivity contribution in [2.75, 3.05) is 4.90 Å². The first-order valence-electron chi connectivity index (χ1n) is 17.5. The Labute approximate surface area is 283 Å². The second kappa shape index (κ2) is 10.8. The molecule has 1 heteroatoms. The van der Waals surface area contributed by atoms with Gasteiger partial charge in [0.2, 0.25) is 0 Å². The maximum absolute atomic E-state index is 2.55. The summed E-state index contributed by atoms with van der Waals surface area (Å²) in [5.74, 6) is 1.64. The second-order valence-electron chi connectivity index (χ2n) is 14.2. The Morgan fingerprint density at radius 1 is 0.438 bits per heavy atom. The van der Waals surface area contributed by atoms with E-state index in [-0.39, 0.29) is 5.41 Å². The fourth-order valence-corrected chi connectivity index (χ4v) is 9.57. The topological polar surface area (TPSA) is 3.24 Å². The standard InChI is InChI=1S/C47H37N/c1-2-8-33(9-3-1)35-15-22-40(23-16-35)48(42-26-19-34-10-4-5-11-37(34)29-42)41-24-17-36(18-25-41)38-20-27-44-43-12-6-7-13-45(43)47(46(44)30-38)31-32-14-21-39(47)28-32/h1-13,15-20,22-27,29-30,32,39H,14,21,28,31H2. The monoisotopic (exact) mass is 615 g/mol. The van der Waals surface area contributed by atoms with E-state index >= 15 is 0 Å². The Bertz CT molecular complexity index is 2300. The van der Waals surface area contributed by atoms with Gasteiger partial charge in [0.25, 0.3) is 0 Å². The summed E-state index contributed by atoms with van der Waals surface area (Å²) in [4.78, 5) is 2.38. The molecule has 0 aromatic heterocycles. The summed E-state index contributed by atoms with van der Waals surface area (Å²) in [6.45, 7) is 0. The highest BCUT2D eigenvalue weighted by molar-refractivity contribution is 5.90. The van der Waals surface area contributed by atoms with E-state index < -0.39 is 0 Å². The number of hydrogen-bond donors (Lipinski definition) is 0.